The van der Waals surface area contributed by atoms with Gasteiger partial charge in [-0.25, -0.2) is 0 Å². The van der Waals surface area contributed by atoms with Crippen LogP contribution in [0.3, 0.4) is 0 Å². The topological polar surface area (TPSA) is 26.3 Å². The van der Waals surface area contributed by atoms with E-state index in [1.165, 1.54) is 25.7 Å². The third-order valence-corrected chi connectivity index (χ3v) is 8.76. The summed E-state index contributed by atoms with van der Waals surface area (Å²) >= 11 is 0. The van der Waals surface area contributed by atoms with Crippen LogP contribution in [0.25, 0.3) is 0 Å². The molecule has 2 nitrogen and oxygen atoms in total. The summed E-state index contributed by atoms with van der Waals surface area (Å²) in [6.45, 7) is 10.6. The number of ether oxygens (including phenoxy) is 1. The van der Waals surface area contributed by atoms with Crippen LogP contribution in [0.15, 0.2) is 0 Å². The van der Waals surface area contributed by atoms with Gasteiger partial charge in [0.05, 0.1) is 5.41 Å². The first-order valence-corrected chi connectivity index (χ1v) is 10.0. The summed E-state index contributed by atoms with van der Waals surface area (Å²) in [6.07, 6.45) is 7.90. The minimum atomic E-state index is -0.377. The maximum atomic E-state index is 12.9. The minimum absolute atomic E-state index is 0.0432. The van der Waals surface area contributed by atoms with Crippen LogP contribution in [0, 0.1) is 46.8 Å². The summed E-state index contributed by atoms with van der Waals surface area (Å²) in [4.78, 5) is 12.9. The van der Waals surface area contributed by atoms with Crippen molar-refractivity contribution in [1.29, 1.82) is 0 Å². The number of carbonyl (C=O) groups excluding carboxylic acids is 1. The third-order valence-electron chi connectivity index (χ3n) is 8.76. The molecule has 130 valence electrons. The fraction of sp³-hybridized carbons (Fsp3) is 0.952. The van der Waals surface area contributed by atoms with E-state index in [-0.39, 0.29) is 17.0 Å². The van der Waals surface area contributed by atoms with E-state index in [2.05, 4.69) is 34.6 Å². The monoisotopic (exact) mass is 318 g/mol. The van der Waals surface area contributed by atoms with E-state index in [4.69, 9.17) is 4.74 Å². The molecule has 0 heterocycles. The molecule has 0 aromatic rings. The van der Waals surface area contributed by atoms with Crippen molar-refractivity contribution >= 4 is 5.97 Å². The number of esters is 1. The zero-order valence-electron chi connectivity index (χ0n) is 15.6. The fourth-order valence-electron chi connectivity index (χ4n) is 6.84. The molecule has 7 atom stereocenters. The van der Waals surface area contributed by atoms with Crippen molar-refractivity contribution < 1.29 is 9.53 Å². The largest absolute Gasteiger partial charge is 0.458 e. The van der Waals surface area contributed by atoms with E-state index in [9.17, 15) is 4.79 Å². The van der Waals surface area contributed by atoms with Gasteiger partial charge in [-0.2, -0.15) is 0 Å². The van der Waals surface area contributed by atoms with E-state index in [1.807, 2.05) is 0 Å². The molecule has 0 radical (unpaired) electrons. The van der Waals surface area contributed by atoms with Crippen LogP contribution in [0.5, 0.6) is 0 Å². The van der Waals surface area contributed by atoms with Gasteiger partial charge in [0.25, 0.3) is 0 Å². The van der Waals surface area contributed by atoms with Crippen LogP contribution in [0.1, 0.15) is 73.1 Å². The highest BCUT2D eigenvalue weighted by Gasteiger charge is 2.68. The lowest BCUT2D eigenvalue weighted by Gasteiger charge is -2.46. The summed E-state index contributed by atoms with van der Waals surface area (Å²) in [5.41, 5.74) is -0.516. The van der Waals surface area contributed by atoms with Gasteiger partial charge in [-0.15, -0.1) is 0 Å². The Hall–Kier alpha value is -0.530. The number of hydrogen-bond donors (Lipinski definition) is 0. The smallest absolute Gasteiger partial charge is 0.312 e. The highest BCUT2D eigenvalue weighted by molar-refractivity contribution is 5.76. The molecular weight excluding hydrogens is 284 g/mol. The molecule has 0 spiro atoms. The molecule has 4 aliphatic rings. The molecule has 4 fully saturated rings. The van der Waals surface area contributed by atoms with Crippen molar-refractivity contribution in [3.63, 3.8) is 0 Å². The van der Waals surface area contributed by atoms with Crippen LogP contribution in [-0.2, 0) is 9.53 Å². The van der Waals surface area contributed by atoms with Crippen LogP contribution < -0.4 is 0 Å². The lowest BCUT2D eigenvalue weighted by molar-refractivity contribution is -0.185. The maximum absolute atomic E-state index is 12.9. The summed E-state index contributed by atoms with van der Waals surface area (Å²) in [5.74, 6) is 5.68. The molecule has 4 aliphatic carbocycles. The van der Waals surface area contributed by atoms with Crippen molar-refractivity contribution in [3.05, 3.63) is 0 Å². The first-order chi connectivity index (χ1) is 10.8. The Morgan fingerprint density at radius 1 is 1.13 bits per heavy atom. The van der Waals surface area contributed by atoms with Crippen molar-refractivity contribution in [2.24, 2.45) is 46.8 Å². The molecule has 2 heteroatoms. The Kier molecular flexibility index (Phi) is 3.46. The summed E-state index contributed by atoms with van der Waals surface area (Å²) in [7, 11) is 0. The number of rotatable bonds is 4. The lowest BCUT2D eigenvalue weighted by atomic mass is 9.65. The molecular formula is C21H34O2. The second kappa shape index (κ2) is 4.99. The maximum Gasteiger partial charge on any atom is 0.312 e. The standard InChI is InChI=1S/C21H34O2/c1-6-21(23-19(22)20(4,5)12(2)3)11-15-10-16(21)18-14-8-7-13(9-14)17(15)18/h12-18H,6-11H2,1-5H3. The highest BCUT2D eigenvalue weighted by atomic mass is 16.6. The summed E-state index contributed by atoms with van der Waals surface area (Å²) in [5, 5.41) is 0. The molecule has 4 saturated carbocycles. The van der Waals surface area contributed by atoms with E-state index in [1.54, 1.807) is 0 Å². The predicted octanol–water partition coefficient (Wildman–Crippen LogP) is 5.06. The Morgan fingerprint density at radius 2 is 1.78 bits per heavy atom. The van der Waals surface area contributed by atoms with Gasteiger partial charge in [-0.1, -0.05) is 20.8 Å². The van der Waals surface area contributed by atoms with Crippen molar-refractivity contribution in [1.82, 2.24) is 0 Å². The van der Waals surface area contributed by atoms with E-state index < -0.39 is 0 Å². The average Bonchev–Trinajstić information content (AvgIpc) is 3.24. The molecule has 4 rings (SSSR count). The van der Waals surface area contributed by atoms with E-state index in [0.717, 1.165) is 42.4 Å². The Morgan fingerprint density at radius 3 is 2.39 bits per heavy atom. The Bertz CT molecular complexity index is 508. The SMILES string of the molecule is CCC1(OC(=O)C(C)(C)C(C)C)CC2CC1C1C3CCC(C3)C21. The Labute approximate surface area is 141 Å². The van der Waals surface area contributed by atoms with Gasteiger partial charge in [0, 0.05) is 5.92 Å². The molecule has 0 N–H and O–H groups in total. The lowest BCUT2D eigenvalue weighted by Crippen LogP contribution is -2.49. The molecule has 4 bridgehead atoms. The van der Waals surface area contributed by atoms with Gasteiger partial charge in [-0.05, 0) is 87.9 Å². The first kappa shape index (κ1) is 16.0. The van der Waals surface area contributed by atoms with Gasteiger partial charge in [0.2, 0.25) is 0 Å². The van der Waals surface area contributed by atoms with Crippen LogP contribution in [0.4, 0.5) is 0 Å². The van der Waals surface area contributed by atoms with E-state index >= 15 is 0 Å². The summed E-state index contributed by atoms with van der Waals surface area (Å²) < 4.78 is 6.39. The molecule has 0 amide bonds. The van der Waals surface area contributed by atoms with Gasteiger partial charge in [-0.3, -0.25) is 4.79 Å². The van der Waals surface area contributed by atoms with Crippen molar-refractivity contribution in [2.75, 3.05) is 0 Å². The molecule has 0 saturated heterocycles. The normalized spacial score (nSPS) is 47.4. The van der Waals surface area contributed by atoms with Gasteiger partial charge in [0.1, 0.15) is 5.60 Å². The van der Waals surface area contributed by atoms with Gasteiger partial charge >= 0.3 is 5.97 Å². The molecule has 0 aliphatic heterocycles. The zero-order valence-corrected chi connectivity index (χ0v) is 15.6. The van der Waals surface area contributed by atoms with Crippen LogP contribution in [-0.4, -0.2) is 11.6 Å². The number of carbonyl (C=O) groups is 1. The van der Waals surface area contributed by atoms with Crippen molar-refractivity contribution in [2.45, 2.75) is 78.7 Å². The second-order valence-corrected chi connectivity index (χ2v) is 9.98. The van der Waals surface area contributed by atoms with Gasteiger partial charge < -0.3 is 4.74 Å². The molecule has 23 heavy (non-hydrogen) atoms. The first-order valence-electron chi connectivity index (χ1n) is 10.0. The predicted molar refractivity (Wildman–Crippen MR) is 91.8 cm³/mol. The van der Waals surface area contributed by atoms with Gasteiger partial charge in [0.15, 0.2) is 0 Å². The number of hydrogen-bond acceptors (Lipinski definition) is 2. The minimum Gasteiger partial charge on any atom is -0.458 e. The molecule has 0 aromatic heterocycles. The third kappa shape index (κ3) is 2.02. The molecule has 0 aromatic carbocycles. The van der Waals surface area contributed by atoms with E-state index in [0.29, 0.717) is 11.8 Å². The Balaban J connectivity index is 1.57. The zero-order chi connectivity index (χ0) is 16.6. The quantitative estimate of drug-likeness (QED) is 0.535. The second-order valence-electron chi connectivity index (χ2n) is 9.98. The van der Waals surface area contributed by atoms with Crippen molar-refractivity contribution in [3.8, 4) is 0 Å². The van der Waals surface area contributed by atoms with Crippen LogP contribution in [0.2, 0.25) is 0 Å². The van der Waals surface area contributed by atoms with Crippen LogP contribution >= 0.6 is 0 Å². The fourth-order valence-corrected chi connectivity index (χ4v) is 6.84. The molecule has 7 unspecified atom stereocenters. The summed E-state index contributed by atoms with van der Waals surface area (Å²) in [6, 6.07) is 0. The highest BCUT2D eigenvalue weighted by Crippen LogP contribution is 2.71. The number of fused-ring (bicyclic) bond motifs is 9. The average molecular weight is 319 g/mol.